The maximum atomic E-state index is 5.93. The van der Waals surface area contributed by atoms with E-state index in [1.807, 2.05) is 11.9 Å². The first-order valence-corrected chi connectivity index (χ1v) is 6.80. The van der Waals surface area contributed by atoms with E-state index in [2.05, 4.69) is 9.98 Å². The van der Waals surface area contributed by atoms with Gasteiger partial charge in [-0.15, -0.1) is 0 Å². The third-order valence-corrected chi connectivity index (χ3v) is 3.31. The van der Waals surface area contributed by atoms with Crippen molar-refractivity contribution in [1.29, 1.82) is 0 Å². The van der Waals surface area contributed by atoms with Crippen molar-refractivity contribution in [1.82, 2.24) is 9.88 Å². The van der Waals surface area contributed by atoms with Crippen LogP contribution in [0.25, 0.3) is 0 Å². The van der Waals surface area contributed by atoms with Crippen molar-refractivity contribution in [3.8, 4) is 5.88 Å². The van der Waals surface area contributed by atoms with E-state index in [0.717, 1.165) is 0 Å². The fraction of sp³-hybridized carbons (Fsp3) is 0.500. The second kappa shape index (κ2) is 6.30. The van der Waals surface area contributed by atoms with E-state index >= 15 is 0 Å². The minimum absolute atomic E-state index is 0.357. The standard InChI is InChI=1S/C12H16Cl2N4O/c1-18(9-2-3-9)12(15)16-4-5-19-11-10(14)6-8(13)7-17-11/h6-7,9H,2-5H2,1H3,(H2,15,16). The lowest BCUT2D eigenvalue weighted by molar-refractivity contribution is 0.315. The van der Waals surface area contributed by atoms with Gasteiger partial charge in [-0.1, -0.05) is 23.2 Å². The first-order valence-electron chi connectivity index (χ1n) is 6.04. The monoisotopic (exact) mass is 302 g/mol. The molecule has 7 heteroatoms. The first-order chi connectivity index (χ1) is 9.08. The van der Waals surface area contributed by atoms with Crippen molar-refractivity contribution in [3.05, 3.63) is 22.3 Å². The molecule has 1 heterocycles. The van der Waals surface area contributed by atoms with Crippen LogP contribution in [0.2, 0.25) is 10.0 Å². The fourth-order valence-electron chi connectivity index (χ4n) is 1.57. The van der Waals surface area contributed by atoms with Crippen LogP contribution in [0.3, 0.4) is 0 Å². The Hall–Kier alpha value is -1.20. The van der Waals surface area contributed by atoms with Gasteiger partial charge in [0, 0.05) is 19.3 Å². The molecule has 0 saturated heterocycles. The minimum Gasteiger partial charge on any atom is -0.475 e. The number of rotatable bonds is 5. The third-order valence-electron chi connectivity index (χ3n) is 2.83. The van der Waals surface area contributed by atoms with Crippen molar-refractivity contribution in [2.75, 3.05) is 20.2 Å². The molecule has 19 heavy (non-hydrogen) atoms. The van der Waals surface area contributed by atoms with E-state index < -0.39 is 0 Å². The highest BCUT2D eigenvalue weighted by molar-refractivity contribution is 6.35. The number of nitrogens with zero attached hydrogens (tertiary/aromatic N) is 3. The fourth-order valence-corrected chi connectivity index (χ4v) is 2.01. The van der Waals surface area contributed by atoms with Crippen molar-refractivity contribution in [3.63, 3.8) is 0 Å². The van der Waals surface area contributed by atoms with E-state index in [4.69, 9.17) is 33.7 Å². The molecule has 0 amide bonds. The molecule has 0 aromatic carbocycles. The van der Waals surface area contributed by atoms with Crippen LogP contribution in [-0.4, -0.2) is 42.1 Å². The largest absolute Gasteiger partial charge is 0.475 e. The summed E-state index contributed by atoms with van der Waals surface area (Å²) in [7, 11) is 1.95. The van der Waals surface area contributed by atoms with Crippen LogP contribution in [0.5, 0.6) is 5.88 Å². The van der Waals surface area contributed by atoms with Gasteiger partial charge in [0.1, 0.15) is 11.6 Å². The smallest absolute Gasteiger partial charge is 0.232 e. The number of guanidine groups is 1. The number of ether oxygens (including phenoxy) is 1. The van der Waals surface area contributed by atoms with Gasteiger partial charge in [0.2, 0.25) is 5.88 Å². The van der Waals surface area contributed by atoms with Gasteiger partial charge in [-0.25, -0.2) is 9.98 Å². The lowest BCUT2D eigenvalue weighted by Crippen LogP contribution is -2.36. The van der Waals surface area contributed by atoms with Crippen LogP contribution in [0.15, 0.2) is 17.3 Å². The Kier molecular flexibility index (Phi) is 4.71. The Labute approximate surface area is 122 Å². The molecule has 0 atom stereocenters. The average molecular weight is 303 g/mol. The maximum Gasteiger partial charge on any atom is 0.232 e. The maximum absolute atomic E-state index is 5.93. The topological polar surface area (TPSA) is 63.7 Å². The summed E-state index contributed by atoms with van der Waals surface area (Å²) >= 11 is 11.7. The van der Waals surface area contributed by atoms with Crippen LogP contribution in [0.1, 0.15) is 12.8 Å². The molecule has 0 unspecified atom stereocenters. The van der Waals surface area contributed by atoms with Gasteiger partial charge in [-0.2, -0.15) is 0 Å². The van der Waals surface area contributed by atoms with Gasteiger partial charge >= 0.3 is 0 Å². The number of halogens is 2. The van der Waals surface area contributed by atoms with E-state index in [-0.39, 0.29) is 0 Å². The summed E-state index contributed by atoms with van der Waals surface area (Å²) in [5.74, 6) is 0.900. The van der Waals surface area contributed by atoms with Crippen molar-refractivity contribution >= 4 is 29.2 Å². The van der Waals surface area contributed by atoms with Crippen molar-refractivity contribution in [2.45, 2.75) is 18.9 Å². The summed E-state index contributed by atoms with van der Waals surface area (Å²) in [5.41, 5.74) is 5.85. The SMILES string of the molecule is CN(C(N)=NCCOc1ncc(Cl)cc1Cl)C1CC1. The quantitative estimate of drug-likeness (QED) is 0.514. The van der Waals surface area contributed by atoms with Crippen LogP contribution in [0.4, 0.5) is 0 Å². The molecule has 2 N–H and O–H groups in total. The number of hydrogen-bond acceptors (Lipinski definition) is 3. The van der Waals surface area contributed by atoms with Crippen molar-refractivity contribution in [2.24, 2.45) is 10.7 Å². The minimum atomic E-state index is 0.357. The summed E-state index contributed by atoms with van der Waals surface area (Å²) < 4.78 is 5.42. The predicted molar refractivity (Wildman–Crippen MR) is 77.0 cm³/mol. The summed E-state index contributed by atoms with van der Waals surface area (Å²) in [6, 6.07) is 2.14. The summed E-state index contributed by atoms with van der Waals surface area (Å²) in [6.45, 7) is 0.830. The van der Waals surface area contributed by atoms with Gasteiger partial charge in [-0.3, -0.25) is 0 Å². The van der Waals surface area contributed by atoms with Gasteiger partial charge < -0.3 is 15.4 Å². The Morgan fingerprint density at radius 2 is 2.32 bits per heavy atom. The molecular weight excluding hydrogens is 287 g/mol. The molecule has 1 aliphatic rings. The second-order valence-corrected chi connectivity index (χ2v) is 5.21. The number of nitrogens with two attached hydrogens (primary N) is 1. The molecular formula is C12H16Cl2N4O. The van der Waals surface area contributed by atoms with E-state index in [1.54, 1.807) is 6.07 Å². The first kappa shape index (κ1) is 14.2. The molecule has 0 radical (unpaired) electrons. The molecule has 1 aromatic heterocycles. The summed E-state index contributed by atoms with van der Waals surface area (Å²) in [5, 5.41) is 0.866. The number of pyridine rings is 1. The normalized spacial score (nSPS) is 15.4. The predicted octanol–water partition coefficient (Wildman–Crippen LogP) is 2.18. The Bertz CT molecular complexity index is 477. The lowest BCUT2D eigenvalue weighted by Gasteiger charge is -2.16. The average Bonchev–Trinajstić information content (AvgIpc) is 3.19. The molecule has 1 saturated carbocycles. The summed E-state index contributed by atoms with van der Waals surface area (Å²) in [4.78, 5) is 10.2. The van der Waals surface area contributed by atoms with Crippen molar-refractivity contribution < 1.29 is 4.74 Å². The second-order valence-electron chi connectivity index (χ2n) is 4.37. The van der Waals surface area contributed by atoms with E-state index in [9.17, 15) is 0 Å². The number of aliphatic imine (C=N–C) groups is 1. The Morgan fingerprint density at radius 3 is 2.95 bits per heavy atom. The van der Waals surface area contributed by atoms with Crippen LogP contribution in [0, 0.1) is 0 Å². The highest BCUT2D eigenvalue weighted by Crippen LogP contribution is 2.25. The molecule has 104 valence electrons. The number of aromatic nitrogens is 1. The van der Waals surface area contributed by atoms with Gasteiger partial charge in [-0.05, 0) is 18.9 Å². The van der Waals surface area contributed by atoms with Crippen LogP contribution < -0.4 is 10.5 Å². The third kappa shape index (κ3) is 4.14. The van der Waals surface area contributed by atoms with E-state index in [1.165, 1.54) is 19.0 Å². The molecule has 2 rings (SSSR count). The molecule has 5 nitrogen and oxygen atoms in total. The zero-order valence-electron chi connectivity index (χ0n) is 10.6. The highest BCUT2D eigenvalue weighted by atomic mass is 35.5. The molecule has 0 spiro atoms. The molecule has 0 aliphatic heterocycles. The van der Waals surface area contributed by atoms with Gasteiger partial charge in [0.15, 0.2) is 5.96 Å². The molecule has 1 fully saturated rings. The van der Waals surface area contributed by atoms with E-state index in [0.29, 0.717) is 41.1 Å². The number of hydrogen-bond donors (Lipinski definition) is 1. The molecule has 0 bridgehead atoms. The van der Waals surface area contributed by atoms with Gasteiger partial charge in [0.05, 0.1) is 11.6 Å². The summed E-state index contributed by atoms with van der Waals surface area (Å²) in [6.07, 6.45) is 3.86. The highest BCUT2D eigenvalue weighted by Gasteiger charge is 2.27. The Balaban J connectivity index is 1.78. The van der Waals surface area contributed by atoms with Crippen LogP contribution in [-0.2, 0) is 0 Å². The lowest BCUT2D eigenvalue weighted by atomic mass is 10.5. The zero-order chi connectivity index (χ0) is 13.8. The molecule has 1 aromatic rings. The zero-order valence-corrected chi connectivity index (χ0v) is 12.2. The van der Waals surface area contributed by atoms with Crippen LogP contribution >= 0.6 is 23.2 Å². The Morgan fingerprint density at radius 1 is 1.58 bits per heavy atom. The molecule has 1 aliphatic carbocycles. The van der Waals surface area contributed by atoms with Gasteiger partial charge in [0.25, 0.3) is 0 Å².